The van der Waals surface area contributed by atoms with Crippen molar-refractivity contribution in [2.75, 3.05) is 0 Å². The first-order chi connectivity index (χ1) is 5.83. The fourth-order valence-corrected chi connectivity index (χ4v) is 2.95. The summed E-state index contributed by atoms with van der Waals surface area (Å²) in [7, 11) is 0. The van der Waals surface area contributed by atoms with Crippen LogP contribution in [0.15, 0.2) is 16.9 Å². The number of thiophene rings is 1. The predicted octanol–water partition coefficient (Wildman–Crippen LogP) is 3.02. The van der Waals surface area contributed by atoms with Gasteiger partial charge in [0.2, 0.25) is 0 Å². The minimum absolute atomic E-state index is 0.986. The molecule has 2 nitrogen and oxygen atoms in total. The molecule has 4 heteroatoms. The molecule has 0 unspecified atom stereocenters. The Hall–Kier alpha value is -0.480. The molecule has 0 radical (unpaired) electrons. The minimum Gasteiger partial charge on any atom is -0.251 e. The van der Waals surface area contributed by atoms with Crippen LogP contribution >= 0.6 is 27.3 Å². The van der Waals surface area contributed by atoms with Crippen LogP contribution in [0, 0.1) is 0 Å². The lowest BCUT2D eigenvalue weighted by Gasteiger charge is -1.87. The highest BCUT2D eigenvalue weighted by Crippen LogP contribution is 2.32. The third-order valence-electron chi connectivity index (χ3n) is 1.66. The van der Waals surface area contributed by atoms with E-state index in [1.54, 1.807) is 23.7 Å². The largest absolute Gasteiger partial charge is 0.251 e. The van der Waals surface area contributed by atoms with Gasteiger partial charge in [-0.1, -0.05) is 6.92 Å². The summed E-state index contributed by atoms with van der Waals surface area (Å²) in [6.45, 7) is 2.13. The highest BCUT2D eigenvalue weighted by Gasteiger charge is 2.08. The van der Waals surface area contributed by atoms with Gasteiger partial charge in [0.1, 0.15) is 10.3 Å². The van der Waals surface area contributed by atoms with Crippen LogP contribution in [0.25, 0.3) is 10.3 Å². The number of hydrogen-bond acceptors (Lipinski definition) is 3. The van der Waals surface area contributed by atoms with Gasteiger partial charge in [-0.3, -0.25) is 4.98 Å². The van der Waals surface area contributed by atoms with Crippen LogP contribution in [0.5, 0.6) is 0 Å². The molecule has 0 atom stereocenters. The van der Waals surface area contributed by atoms with Crippen molar-refractivity contribution in [2.45, 2.75) is 13.3 Å². The topological polar surface area (TPSA) is 25.8 Å². The van der Waals surface area contributed by atoms with Gasteiger partial charge >= 0.3 is 0 Å². The third-order valence-corrected chi connectivity index (χ3v) is 4.01. The SMILES string of the molecule is CCc1sc2nccnc2c1Br. The monoisotopic (exact) mass is 242 g/mol. The molecule has 12 heavy (non-hydrogen) atoms. The molecular weight excluding hydrogens is 236 g/mol. The molecule has 0 aliphatic heterocycles. The van der Waals surface area contributed by atoms with E-state index in [0.717, 1.165) is 21.2 Å². The van der Waals surface area contributed by atoms with Gasteiger partial charge in [-0.2, -0.15) is 0 Å². The number of aromatic nitrogens is 2. The predicted molar refractivity (Wildman–Crippen MR) is 54.5 cm³/mol. The van der Waals surface area contributed by atoms with Gasteiger partial charge in [0.25, 0.3) is 0 Å². The van der Waals surface area contributed by atoms with Crippen LogP contribution in [0.2, 0.25) is 0 Å². The molecule has 2 aromatic heterocycles. The maximum atomic E-state index is 4.25. The fourth-order valence-electron chi connectivity index (χ4n) is 1.07. The quantitative estimate of drug-likeness (QED) is 0.769. The summed E-state index contributed by atoms with van der Waals surface area (Å²) >= 11 is 5.22. The normalized spacial score (nSPS) is 10.8. The van der Waals surface area contributed by atoms with Crippen molar-refractivity contribution in [1.82, 2.24) is 9.97 Å². The molecule has 0 aromatic carbocycles. The number of aryl methyl sites for hydroxylation is 1. The van der Waals surface area contributed by atoms with Crippen LogP contribution in [-0.4, -0.2) is 9.97 Å². The van der Waals surface area contributed by atoms with Crippen molar-refractivity contribution in [2.24, 2.45) is 0 Å². The van der Waals surface area contributed by atoms with Crippen molar-refractivity contribution in [3.05, 3.63) is 21.7 Å². The highest BCUT2D eigenvalue weighted by molar-refractivity contribution is 9.10. The maximum absolute atomic E-state index is 4.25. The van der Waals surface area contributed by atoms with E-state index < -0.39 is 0 Å². The lowest BCUT2D eigenvalue weighted by molar-refractivity contribution is 1.18. The second-order valence-corrected chi connectivity index (χ2v) is 4.28. The zero-order valence-electron chi connectivity index (χ0n) is 6.54. The van der Waals surface area contributed by atoms with Crippen LogP contribution in [-0.2, 0) is 6.42 Å². The van der Waals surface area contributed by atoms with Crippen LogP contribution in [0.4, 0.5) is 0 Å². The van der Waals surface area contributed by atoms with Gasteiger partial charge < -0.3 is 0 Å². The molecule has 0 fully saturated rings. The molecule has 0 aliphatic rings. The van der Waals surface area contributed by atoms with Crippen LogP contribution in [0.3, 0.4) is 0 Å². The Labute approximate surface area is 82.8 Å². The summed E-state index contributed by atoms with van der Waals surface area (Å²) < 4.78 is 1.11. The molecule has 62 valence electrons. The standard InChI is InChI=1S/C8H7BrN2S/c1-2-5-6(9)7-8(12-5)11-4-3-10-7/h3-4H,2H2,1H3. The van der Waals surface area contributed by atoms with E-state index in [-0.39, 0.29) is 0 Å². The Kier molecular flexibility index (Phi) is 2.11. The number of rotatable bonds is 1. The van der Waals surface area contributed by atoms with Crippen LogP contribution < -0.4 is 0 Å². The van der Waals surface area contributed by atoms with E-state index in [2.05, 4.69) is 32.8 Å². The van der Waals surface area contributed by atoms with E-state index in [0.29, 0.717) is 0 Å². The molecule has 0 amide bonds. The van der Waals surface area contributed by atoms with Gasteiger partial charge in [-0.05, 0) is 22.4 Å². The number of hydrogen-bond donors (Lipinski definition) is 0. The number of nitrogens with zero attached hydrogens (tertiary/aromatic N) is 2. The molecule has 2 aromatic rings. The smallest absolute Gasteiger partial charge is 0.143 e. The van der Waals surface area contributed by atoms with E-state index in [1.807, 2.05) is 0 Å². The average Bonchev–Trinajstić information content (AvgIpc) is 2.44. The van der Waals surface area contributed by atoms with E-state index >= 15 is 0 Å². The number of halogens is 1. The molecule has 0 N–H and O–H groups in total. The second-order valence-electron chi connectivity index (χ2n) is 2.40. The van der Waals surface area contributed by atoms with Gasteiger partial charge in [-0.25, -0.2) is 4.98 Å². The van der Waals surface area contributed by atoms with Gasteiger partial charge in [-0.15, -0.1) is 11.3 Å². The van der Waals surface area contributed by atoms with Crippen molar-refractivity contribution in [3.8, 4) is 0 Å². The zero-order chi connectivity index (χ0) is 8.55. The van der Waals surface area contributed by atoms with Gasteiger partial charge in [0.05, 0.1) is 4.47 Å². The lowest BCUT2D eigenvalue weighted by Crippen LogP contribution is -1.75. The molecule has 0 bridgehead atoms. The lowest BCUT2D eigenvalue weighted by atomic mass is 10.4. The number of fused-ring (bicyclic) bond motifs is 1. The van der Waals surface area contributed by atoms with Crippen molar-refractivity contribution >= 4 is 37.6 Å². The molecule has 0 saturated carbocycles. The van der Waals surface area contributed by atoms with Crippen molar-refractivity contribution in [3.63, 3.8) is 0 Å². The molecule has 0 aliphatic carbocycles. The first-order valence-electron chi connectivity index (χ1n) is 3.70. The molecular formula is C8H7BrN2S. The van der Waals surface area contributed by atoms with Gasteiger partial charge in [0.15, 0.2) is 0 Å². The van der Waals surface area contributed by atoms with E-state index in [1.165, 1.54) is 4.88 Å². The van der Waals surface area contributed by atoms with E-state index in [9.17, 15) is 0 Å². The molecule has 0 spiro atoms. The Morgan fingerprint density at radius 2 is 2.17 bits per heavy atom. The molecule has 0 saturated heterocycles. The van der Waals surface area contributed by atoms with Crippen LogP contribution in [0.1, 0.15) is 11.8 Å². The average molecular weight is 243 g/mol. The summed E-state index contributed by atoms with van der Waals surface area (Å²) in [4.78, 5) is 10.8. The van der Waals surface area contributed by atoms with Crippen molar-refractivity contribution < 1.29 is 0 Å². The third kappa shape index (κ3) is 1.15. The Balaban J connectivity index is 2.78. The second kappa shape index (κ2) is 3.11. The summed E-state index contributed by atoms with van der Waals surface area (Å²) in [6.07, 6.45) is 4.48. The Morgan fingerprint density at radius 1 is 1.42 bits per heavy atom. The highest BCUT2D eigenvalue weighted by atomic mass is 79.9. The first kappa shape index (κ1) is 8.13. The molecule has 2 rings (SSSR count). The molecule has 2 heterocycles. The fraction of sp³-hybridized carbons (Fsp3) is 0.250. The summed E-state index contributed by atoms with van der Waals surface area (Å²) in [5, 5.41) is 0. The van der Waals surface area contributed by atoms with Crippen molar-refractivity contribution in [1.29, 1.82) is 0 Å². The summed E-state index contributed by atoms with van der Waals surface area (Å²) in [5.74, 6) is 0. The summed E-state index contributed by atoms with van der Waals surface area (Å²) in [6, 6.07) is 0. The Bertz CT molecular complexity index is 410. The maximum Gasteiger partial charge on any atom is 0.143 e. The zero-order valence-corrected chi connectivity index (χ0v) is 8.94. The first-order valence-corrected chi connectivity index (χ1v) is 5.31. The summed E-state index contributed by atoms with van der Waals surface area (Å²) in [5.41, 5.74) is 0.986. The minimum atomic E-state index is 0.986. The van der Waals surface area contributed by atoms with E-state index in [4.69, 9.17) is 0 Å². The van der Waals surface area contributed by atoms with Gasteiger partial charge in [0, 0.05) is 17.3 Å². The Morgan fingerprint density at radius 3 is 2.83 bits per heavy atom.